The fraction of sp³-hybridized carbons (Fsp3) is 0.368. The quantitative estimate of drug-likeness (QED) is 0.741. The second kappa shape index (κ2) is 7.24. The van der Waals surface area contributed by atoms with Gasteiger partial charge < -0.3 is 5.32 Å². The minimum Gasteiger partial charge on any atom is -0.306 e. The summed E-state index contributed by atoms with van der Waals surface area (Å²) < 4.78 is 1.13. The summed E-state index contributed by atoms with van der Waals surface area (Å²) in [5, 5.41) is 3.71. The number of rotatable bonds is 5. The van der Waals surface area contributed by atoms with Crippen LogP contribution in [-0.2, 0) is 6.54 Å². The van der Waals surface area contributed by atoms with Crippen molar-refractivity contribution in [2.45, 2.75) is 46.7 Å². The zero-order valence-electron chi connectivity index (χ0n) is 13.3. The van der Waals surface area contributed by atoms with Gasteiger partial charge in [0.2, 0.25) is 0 Å². The van der Waals surface area contributed by atoms with Crippen LogP contribution in [0.2, 0.25) is 0 Å². The van der Waals surface area contributed by atoms with E-state index in [-0.39, 0.29) is 0 Å². The zero-order valence-corrected chi connectivity index (χ0v) is 14.9. The number of nitrogens with one attached hydrogen (secondary N) is 1. The van der Waals surface area contributed by atoms with Gasteiger partial charge in [-0.15, -0.1) is 0 Å². The Morgan fingerprint density at radius 2 is 1.57 bits per heavy atom. The predicted octanol–water partition coefficient (Wildman–Crippen LogP) is 5.62. The predicted molar refractivity (Wildman–Crippen MR) is 94.7 cm³/mol. The van der Waals surface area contributed by atoms with E-state index in [4.69, 9.17) is 0 Å². The molecule has 112 valence electrons. The number of hydrogen-bond acceptors (Lipinski definition) is 1. The molecule has 2 rings (SSSR count). The van der Waals surface area contributed by atoms with Crippen LogP contribution in [-0.4, -0.2) is 0 Å². The van der Waals surface area contributed by atoms with Crippen molar-refractivity contribution < 1.29 is 0 Å². The molecule has 0 fully saturated rings. The molecule has 0 heterocycles. The van der Waals surface area contributed by atoms with Gasteiger partial charge in [0.05, 0.1) is 0 Å². The molecule has 2 heteroatoms. The molecule has 0 aliphatic carbocycles. The second-order valence-electron chi connectivity index (χ2n) is 5.77. The van der Waals surface area contributed by atoms with Gasteiger partial charge in [0.25, 0.3) is 0 Å². The minimum absolute atomic E-state index is 0.401. The van der Waals surface area contributed by atoms with Crippen molar-refractivity contribution in [1.29, 1.82) is 0 Å². The summed E-state index contributed by atoms with van der Waals surface area (Å²) in [5.74, 6) is 0. The highest BCUT2D eigenvalue weighted by Crippen LogP contribution is 2.22. The maximum Gasteiger partial charge on any atom is 0.0320 e. The van der Waals surface area contributed by atoms with Crippen molar-refractivity contribution in [3.05, 3.63) is 68.7 Å². The molecule has 0 aromatic heterocycles. The lowest BCUT2D eigenvalue weighted by atomic mass is 9.98. The van der Waals surface area contributed by atoms with Gasteiger partial charge in [0, 0.05) is 17.1 Å². The molecule has 21 heavy (non-hydrogen) atoms. The molecule has 1 nitrogen and oxygen atoms in total. The van der Waals surface area contributed by atoms with Gasteiger partial charge in [0.1, 0.15) is 0 Å². The van der Waals surface area contributed by atoms with Gasteiger partial charge in [-0.25, -0.2) is 0 Å². The molecule has 0 aliphatic heterocycles. The first-order chi connectivity index (χ1) is 10.0. The SMILES string of the molecule is CCC(NCc1c(C)cc(C)cc1C)c1ccc(Br)cc1. The Labute approximate surface area is 136 Å². The lowest BCUT2D eigenvalue weighted by molar-refractivity contribution is 0.517. The summed E-state index contributed by atoms with van der Waals surface area (Å²) in [6.45, 7) is 9.73. The van der Waals surface area contributed by atoms with E-state index in [1.807, 2.05) is 0 Å². The Balaban J connectivity index is 2.12. The summed E-state index contributed by atoms with van der Waals surface area (Å²) in [5.41, 5.74) is 6.88. The molecule has 0 aliphatic rings. The van der Waals surface area contributed by atoms with Gasteiger partial charge in [0.15, 0.2) is 0 Å². The Morgan fingerprint density at radius 1 is 1.00 bits per heavy atom. The normalized spacial score (nSPS) is 12.4. The van der Waals surface area contributed by atoms with Gasteiger partial charge in [-0.3, -0.25) is 0 Å². The maximum absolute atomic E-state index is 3.71. The van der Waals surface area contributed by atoms with Crippen LogP contribution < -0.4 is 5.32 Å². The lowest BCUT2D eigenvalue weighted by Crippen LogP contribution is -2.21. The van der Waals surface area contributed by atoms with Crippen LogP contribution in [0, 0.1) is 20.8 Å². The molecule has 2 aromatic carbocycles. The molecule has 1 atom stereocenters. The molecule has 0 bridgehead atoms. The van der Waals surface area contributed by atoms with E-state index >= 15 is 0 Å². The standard InChI is InChI=1S/C19H24BrN/c1-5-19(16-6-8-17(20)9-7-16)21-12-18-14(3)10-13(2)11-15(18)4/h6-11,19,21H,5,12H2,1-4H3. The first kappa shape index (κ1) is 16.3. The molecule has 2 aromatic rings. The highest BCUT2D eigenvalue weighted by Gasteiger charge is 2.10. The Morgan fingerprint density at radius 3 is 2.10 bits per heavy atom. The fourth-order valence-electron chi connectivity index (χ4n) is 2.91. The summed E-state index contributed by atoms with van der Waals surface area (Å²) in [7, 11) is 0. The van der Waals surface area contributed by atoms with Crippen LogP contribution in [0.5, 0.6) is 0 Å². The lowest BCUT2D eigenvalue weighted by Gasteiger charge is -2.20. The summed E-state index contributed by atoms with van der Waals surface area (Å²) in [4.78, 5) is 0. The Hall–Kier alpha value is -1.12. The van der Waals surface area contributed by atoms with E-state index in [0.29, 0.717) is 6.04 Å². The van der Waals surface area contributed by atoms with E-state index < -0.39 is 0 Å². The van der Waals surface area contributed by atoms with E-state index in [0.717, 1.165) is 17.4 Å². The molecular formula is C19H24BrN. The third-order valence-corrected chi connectivity index (χ3v) is 4.57. The molecule has 1 N–H and O–H groups in total. The van der Waals surface area contributed by atoms with Crippen LogP contribution in [0.15, 0.2) is 40.9 Å². The molecule has 0 spiro atoms. The highest BCUT2D eigenvalue weighted by molar-refractivity contribution is 9.10. The zero-order chi connectivity index (χ0) is 15.4. The van der Waals surface area contributed by atoms with Crippen molar-refractivity contribution in [2.75, 3.05) is 0 Å². The number of aryl methyl sites for hydroxylation is 3. The largest absolute Gasteiger partial charge is 0.306 e. The third kappa shape index (κ3) is 4.18. The number of benzene rings is 2. The number of hydrogen-bond donors (Lipinski definition) is 1. The molecule has 0 saturated carbocycles. The highest BCUT2D eigenvalue weighted by atomic mass is 79.9. The summed E-state index contributed by atoms with van der Waals surface area (Å²) in [6.07, 6.45) is 1.09. The van der Waals surface area contributed by atoms with Gasteiger partial charge >= 0.3 is 0 Å². The van der Waals surface area contributed by atoms with Crippen molar-refractivity contribution in [3.63, 3.8) is 0 Å². The Kier molecular flexibility index (Phi) is 5.60. The van der Waals surface area contributed by atoms with E-state index in [1.165, 1.54) is 27.8 Å². The fourth-order valence-corrected chi connectivity index (χ4v) is 3.17. The van der Waals surface area contributed by atoms with Gasteiger partial charge in [-0.05, 0) is 61.6 Å². The Bertz CT molecular complexity index is 578. The average Bonchev–Trinajstić information content (AvgIpc) is 2.43. The van der Waals surface area contributed by atoms with E-state index in [9.17, 15) is 0 Å². The monoisotopic (exact) mass is 345 g/mol. The van der Waals surface area contributed by atoms with Gasteiger partial charge in [-0.2, -0.15) is 0 Å². The molecule has 1 unspecified atom stereocenters. The van der Waals surface area contributed by atoms with Crippen LogP contribution in [0.1, 0.15) is 47.2 Å². The number of halogens is 1. The smallest absolute Gasteiger partial charge is 0.0320 e. The molecule has 0 radical (unpaired) electrons. The molecular weight excluding hydrogens is 322 g/mol. The van der Waals surface area contributed by atoms with Crippen LogP contribution >= 0.6 is 15.9 Å². The minimum atomic E-state index is 0.401. The van der Waals surface area contributed by atoms with Crippen LogP contribution in [0.25, 0.3) is 0 Å². The van der Waals surface area contributed by atoms with Crippen molar-refractivity contribution >= 4 is 15.9 Å². The van der Waals surface area contributed by atoms with Crippen LogP contribution in [0.3, 0.4) is 0 Å². The topological polar surface area (TPSA) is 12.0 Å². The van der Waals surface area contributed by atoms with Crippen LogP contribution in [0.4, 0.5) is 0 Å². The first-order valence-corrected chi connectivity index (χ1v) is 8.36. The third-order valence-electron chi connectivity index (χ3n) is 4.05. The average molecular weight is 346 g/mol. The van der Waals surface area contributed by atoms with Crippen molar-refractivity contribution in [3.8, 4) is 0 Å². The first-order valence-electron chi connectivity index (χ1n) is 7.56. The molecule has 0 saturated heterocycles. The summed E-state index contributed by atoms with van der Waals surface area (Å²) in [6, 6.07) is 13.6. The van der Waals surface area contributed by atoms with Gasteiger partial charge in [-0.1, -0.05) is 52.7 Å². The van der Waals surface area contributed by atoms with E-state index in [1.54, 1.807) is 0 Å². The molecule has 0 amide bonds. The second-order valence-corrected chi connectivity index (χ2v) is 6.69. The van der Waals surface area contributed by atoms with Crippen molar-refractivity contribution in [1.82, 2.24) is 5.32 Å². The van der Waals surface area contributed by atoms with E-state index in [2.05, 4.69) is 85.3 Å². The summed E-state index contributed by atoms with van der Waals surface area (Å²) >= 11 is 3.50. The van der Waals surface area contributed by atoms with Crippen molar-refractivity contribution in [2.24, 2.45) is 0 Å². The maximum atomic E-state index is 3.71.